The molecule has 1 saturated heterocycles. The van der Waals surface area contributed by atoms with Crippen molar-refractivity contribution in [3.05, 3.63) is 53.6 Å². The fourth-order valence-electron chi connectivity index (χ4n) is 4.68. The van der Waals surface area contributed by atoms with Gasteiger partial charge in [0.2, 0.25) is 0 Å². The molecule has 0 aromatic heterocycles. The highest BCUT2D eigenvalue weighted by atomic mass is 35.5. The van der Waals surface area contributed by atoms with Crippen molar-refractivity contribution in [2.75, 3.05) is 20.3 Å². The molecular formula is C28H39ClO7. The van der Waals surface area contributed by atoms with Gasteiger partial charge in [0.05, 0.1) is 19.3 Å². The van der Waals surface area contributed by atoms with Crippen LogP contribution < -0.4 is 4.74 Å². The van der Waals surface area contributed by atoms with Gasteiger partial charge in [0.25, 0.3) is 0 Å². The standard InChI is InChI=1S/C28H39ClO7/c1-33-27(32)12-5-3-2-4-11-23-24(26(31)18-25(23)30)15-14-22(36-28-13-6-7-16-34-28)19-35-21-10-8-9-20(29)17-21/h2,4,8-10,14-15,17,22-26,28,30-31H,3,5-7,11-13,16,18-19H2,1H3/b4-2-,15-14+/t22-,23-,24-,25+,26-,28?/m1/s1. The largest absolute Gasteiger partial charge is 0.490 e. The van der Waals surface area contributed by atoms with Crippen LogP contribution >= 0.6 is 11.6 Å². The summed E-state index contributed by atoms with van der Waals surface area (Å²) in [6.07, 6.45) is 11.8. The number of unbranched alkanes of at least 4 members (excludes halogenated alkanes) is 1. The Balaban J connectivity index is 1.60. The van der Waals surface area contributed by atoms with E-state index in [9.17, 15) is 15.0 Å². The highest BCUT2D eigenvalue weighted by molar-refractivity contribution is 6.30. The number of methoxy groups -OCH3 is 1. The second-order valence-electron chi connectivity index (χ2n) is 9.41. The van der Waals surface area contributed by atoms with E-state index < -0.39 is 12.2 Å². The minimum atomic E-state index is -0.630. The van der Waals surface area contributed by atoms with E-state index in [0.29, 0.717) is 36.6 Å². The van der Waals surface area contributed by atoms with Crippen molar-refractivity contribution in [1.82, 2.24) is 0 Å². The molecule has 36 heavy (non-hydrogen) atoms. The number of hydrogen-bond acceptors (Lipinski definition) is 7. The zero-order valence-corrected chi connectivity index (χ0v) is 21.7. The van der Waals surface area contributed by atoms with Crippen LogP contribution in [0.3, 0.4) is 0 Å². The molecular weight excluding hydrogens is 484 g/mol. The van der Waals surface area contributed by atoms with Gasteiger partial charge in [-0.1, -0.05) is 42.0 Å². The van der Waals surface area contributed by atoms with Crippen molar-refractivity contribution in [3.63, 3.8) is 0 Å². The van der Waals surface area contributed by atoms with Gasteiger partial charge in [0.1, 0.15) is 18.5 Å². The maximum atomic E-state index is 11.2. The molecule has 0 amide bonds. The summed E-state index contributed by atoms with van der Waals surface area (Å²) < 4.78 is 22.5. The molecule has 2 fully saturated rings. The second kappa shape index (κ2) is 15.4. The predicted molar refractivity (Wildman–Crippen MR) is 138 cm³/mol. The topological polar surface area (TPSA) is 94.5 Å². The van der Waals surface area contributed by atoms with Crippen LogP contribution in [0.25, 0.3) is 0 Å². The van der Waals surface area contributed by atoms with Crippen LogP contribution in [-0.4, -0.2) is 61.1 Å². The van der Waals surface area contributed by atoms with E-state index in [1.54, 1.807) is 12.1 Å². The Kier molecular flexibility index (Phi) is 12.2. The summed E-state index contributed by atoms with van der Waals surface area (Å²) in [6.45, 7) is 0.949. The first-order valence-electron chi connectivity index (χ1n) is 12.9. The van der Waals surface area contributed by atoms with Gasteiger partial charge in [0.15, 0.2) is 6.29 Å². The van der Waals surface area contributed by atoms with E-state index in [1.165, 1.54) is 7.11 Å². The Bertz CT molecular complexity index is 852. The van der Waals surface area contributed by atoms with Gasteiger partial charge in [-0.15, -0.1) is 0 Å². The van der Waals surface area contributed by atoms with Crippen LogP contribution in [0, 0.1) is 11.8 Å². The molecule has 1 unspecified atom stereocenters. The van der Waals surface area contributed by atoms with Crippen molar-refractivity contribution >= 4 is 17.6 Å². The molecule has 2 aliphatic rings. The number of esters is 1. The van der Waals surface area contributed by atoms with Gasteiger partial charge in [-0.2, -0.15) is 0 Å². The normalized spacial score (nSPS) is 27.5. The van der Waals surface area contributed by atoms with Crippen LogP contribution in [0.4, 0.5) is 0 Å². The van der Waals surface area contributed by atoms with Gasteiger partial charge in [-0.3, -0.25) is 4.79 Å². The number of allylic oxidation sites excluding steroid dienone is 2. The number of carbonyl (C=O) groups excluding carboxylic acids is 1. The third-order valence-electron chi connectivity index (χ3n) is 6.69. The smallest absolute Gasteiger partial charge is 0.305 e. The molecule has 8 heteroatoms. The molecule has 1 aromatic carbocycles. The number of hydrogen-bond donors (Lipinski definition) is 2. The molecule has 200 valence electrons. The molecule has 2 N–H and O–H groups in total. The molecule has 1 aliphatic carbocycles. The maximum absolute atomic E-state index is 11.2. The van der Waals surface area contributed by atoms with Gasteiger partial charge >= 0.3 is 5.97 Å². The first-order valence-corrected chi connectivity index (χ1v) is 13.3. The first-order chi connectivity index (χ1) is 17.5. The lowest BCUT2D eigenvalue weighted by Gasteiger charge is -2.27. The summed E-state index contributed by atoms with van der Waals surface area (Å²) in [4.78, 5) is 11.2. The molecule has 0 spiro atoms. The zero-order valence-electron chi connectivity index (χ0n) is 21.0. The Labute approximate surface area is 219 Å². The molecule has 3 rings (SSSR count). The molecule has 0 radical (unpaired) electrons. The monoisotopic (exact) mass is 522 g/mol. The highest BCUT2D eigenvalue weighted by Crippen LogP contribution is 2.36. The van der Waals surface area contributed by atoms with Crippen molar-refractivity contribution in [2.45, 2.75) is 76.0 Å². The molecule has 6 atom stereocenters. The molecule has 7 nitrogen and oxygen atoms in total. The SMILES string of the molecule is COC(=O)CCC/C=C\C[C@@H]1[C@@H](/C=C/[C@H](COc2cccc(Cl)c2)OC2CCCCO2)[C@H](O)C[C@@H]1O. The third kappa shape index (κ3) is 9.52. The minimum Gasteiger partial charge on any atom is -0.490 e. The number of ether oxygens (including phenoxy) is 4. The van der Waals surface area contributed by atoms with Crippen molar-refractivity contribution < 1.29 is 34.0 Å². The minimum absolute atomic E-state index is 0.103. The maximum Gasteiger partial charge on any atom is 0.305 e. The Morgan fingerprint density at radius 2 is 2.11 bits per heavy atom. The average molecular weight is 523 g/mol. The molecule has 1 heterocycles. The van der Waals surface area contributed by atoms with E-state index >= 15 is 0 Å². The number of benzene rings is 1. The number of halogens is 1. The van der Waals surface area contributed by atoms with E-state index in [-0.39, 0.29) is 36.8 Å². The highest BCUT2D eigenvalue weighted by Gasteiger charge is 2.39. The summed E-state index contributed by atoms with van der Waals surface area (Å²) in [5.41, 5.74) is 0. The van der Waals surface area contributed by atoms with Crippen molar-refractivity contribution in [3.8, 4) is 5.75 Å². The first kappa shape index (κ1) is 28.7. The van der Waals surface area contributed by atoms with Crippen LogP contribution in [0.15, 0.2) is 48.6 Å². The molecule has 1 saturated carbocycles. The lowest BCUT2D eigenvalue weighted by atomic mass is 9.89. The van der Waals surface area contributed by atoms with E-state index in [1.807, 2.05) is 36.4 Å². The molecule has 1 aromatic rings. The van der Waals surface area contributed by atoms with Gasteiger partial charge in [-0.25, -0.2) is 0 Å². The fraction of sp³-hybridized carbons (Fsp3) is 0.607. The van der Waals surface area contributed by atoms with Crippen LogP contribution in [0.5, 0.6) is 5.75 Å². The van der Waals surface area contributed by atoms with Gasteiger partial charge in [0, 0.05) is 30.4 Å². The van der Waals surface area contributed by atoms with E-state index in [4.69, 9.17) is 25.8 Å². The second-order valence-corrected chi connectivity index (χ2v) is 9.85. The number of aliphatic hydroxyl groups excluding tert-OH is 2. The third-order valence-corrected chi connectivity index (χ3v) is 6.93. The zero-order chi connectivity index (χ0) is 25.8. The lowest BCUT2D eigenvalue weighted by molar-refractivity contribution is -0.182. The quantitative estimate of drug-likeness (QED) is 0.217. The average Bonchev–Trinajstić information content (AvgIpc) is 3.15. The van der Waals surface area contributed by atoms with E-state index in [2.05, 4.69) is 4.74 Å². The van der Waals surface area contributed by atoms with Crippen LogP contribution in [0.1, 0.15) is 51.4 Å². The van der Waals surface area contributed by atoms with E-state index in [0.717, 1.165) is 32.1 Å². The van der Waals surface area contributed by atoms with Gasteiger partial charge < -0.3 is 29.2 Å². The van der Waals surface area contributed by atoms with Crippen molar-refractivity contribution in [2.24, 2.45) is 11.8 Å². The predicted octanol–water partition coefficient (Wildman–Crippen LogP) is 4.83. The summed E-state index contributed by atoms with van der Waals surface area (Å²) in [5.74, 6) is 0.135. The molecule has 0 bridgehead atoms. The van der Waals surface area contributed by atoms with Crippen LogP contribution in [0.2, 0.25) is 5.02 Å². The fourth-order valence-corrected chi connectivity index (χ4v) is 4.87. The Morgan fingerprint density at radius 3 is 2.86 bits per heavy atom. The number of rotatable bonds is 13. The summed E-state index contributed by atoms with van der Waals surface area (Å²) in [7, 11) is 1.39. The number of carbonyl (C=O) groups is 1. The summed E-state index contributed by atoms with van der Waals surface area (Å²) >= 11 is 6.08. The Hall–Kier alpha value is -1.90. The number of aliphatic hydroxyl groups is 2. The Morgan fingerprint density at radius 1 is 1.25 bits per heavy atom. The molecule has 1 aliphatic heterocycles. The van der Waals surface area contributed by atoms with Crippen molar-refractivity contribution in [1.29, 1.82) is 0 Å². The van der Waals surface area contributed by atoms with Crippen LogP contribution in [-0.2, 0) is 19.0 Å². The lowest BCUT2D eigenvalue weighted by Crippen LogP contribution is -2.31. The van der Waals surface area contributed by atoms with Gasteiger partial charge in [-0.05, 0) is 62.6 Å². The summed E-state index contributed by atoms with van der Waals surface area (Å²) in [6, 6.07) is 7.22. The summed E-state index contributed by atoms with van der Waals surface area (Å²) in [5, 5.41) is 21.8.